The molecule has 2 rings (SSSR count). The molecule has 19 heavy (non-hydrogen) atoms. The van der Waals surface area contributed by atoms with E-state index in [9.17, 15) is 14.3 Å². The third-order valence-electron chi connectivity index (χ3n) is 3.86. The van der Waals surface area contributed by atoms with Crippen LogP contribution in [0, 0.1) is 5.82 Å². The molecule has 0 saturated heterocycles. The summed E-state index contributed by atoms with van der Waals surface area (Å²) in [5.74, 6) is -1.50. The molecule has 4 heteroatoms. The minimum atomic E-state index is -1.07. The maximum Gasteiger partial charge on any atom is 0.337 e. The zero-order valence-electron chi connectivity index (χ0n) is 11.2. The van der Waals surface area contributed by atoms with Crippen LogP contribution in [0.15, 0.2) is 18.2 Å². The van der Waals surface area contributed by atoms with E-state index in [-0.39, 0.29) is 17.3 Å². The average molecular weight is 265 g/mol. The van der Waals surface area contributed by atoms with Gasteiger partial charge in [0.2, 0.25) is 0 Å². The van der Waals surface area contributed by atoms with Gasteiger partial charge in [-0.2, -0.15) is 0 Å². The molecular formula is C15H20FNO2. The largest absolute Gasteiger partial charge is 0.478 e. The lowest BCUT2D eigenvalue weighted by molar-refractivity contribution is 0.0697. The van der Waals surface area contributed by atoms with Crippen LogP contribution in [0.2, 0.25) is 0 Å². The molecule has 3 nitrogen and oxygen atoms in total. The summed E-state index contributed by atoms with van der Waals surface area (Å²) in [5.41, 5.74) is 0.317. The van der Waals surface area contributed by atoms with Crippen LogP contribution in [-0.2, 0) is 0 Å². The van der Waals surface area contributed by atoms with Crippen molar-refractivity contribution >= 4 is 11.7 Å². The molecule has 1 fully saturated rings. The fraction of sp³-hybridized carbons (Fsp3) is 0.533. The van der Waals surface area contributed by atoms with Crippen molar-refractivity contribution in [2.45, 2.75) is 45.1 Å². The first-order chi connectivity index (χ1) is 9.15. The van der Waals surface area contributed by atoms with Gasteiger partial charge in [0, 0.05) is 12.6 Å². The molecule has 0 radical (unpaired) electrons. The molecule has 0 bridgehead atoms. The van der Waals surface area contributed by atoms with Crippen LogP contribution in [0.4, 0.5) is 10.1 Å². The summed E-state index contributed by atoms with van der Waals surface area (Å²) >= 11 is 0. The van der Waals surface area contributed by atoms with E-state index in [1.54, 1.807) is 0 Å². The van der Waals surface area contributed by atoms with E-state index in [0.29, 0.717) is 6.54 Å². The molecule has 1 aliphatic rings. The number of carboxylic acid groups (broad SMARTS) is 1. The number of carboxylic acids is 1. The minimum absolute atomic E-state index is 0.0624. The lowest BCUT2D eigenvalue weighted by Gasteiger charge is -2.36. The maximum atomic E-state index is 14.1. The predicted octanol–water partition coefficient (Wildman–Crippen LogP) is 3.68. The summed E-state index contributed by atoms with van der Waals surface area (Å²) in [4.78, 5) is 13.2. The summed E-state index contributed by atoms with van der Waals surface area (Å²) in [6.45, 7) is 2.58. The number of rotatable bonds is 4. The Kier molecular flexibility index (Phi) is 4.40. The Bertz CT molecular complexity index is 455. The van der Waals surface area contributed by atoms with Crippen molar-refractivity contribution in [1.82, 2.24) is 0 Å². The first kappa shape index (κ1) is 13.8. The summed E-state index contributed by atoms with van der Waals surface area (Å²) in [6, 6.07) is 4.53. The first-order valence-corrected chi connectivity index (χ1v) is 6.93. The molecule has 0 amide bonds. The highest BCUT2D eigenvalue weighted by Crippen LogP contribution is 2.31. The second-order valence-electron chi connectivity index (χ2n) is 5.02. The quantitative estimate of drug-likeness (QED) is 0.902. The van der Waals surface area contributed by atoms with E-state index in [0.717, 1.165) is 25.7 Å². The number of nitrogens with zero attached hydrogens (tertiary/aromatic N) is 1. The van der Waals surface area contributed by atoms with E-state index in [1.165, 1.54) is 24.6 Å². The monoisotopic (exact) mass is 265 g/mol. The van der Waals surface area contributed by atoms with Gasteiger partial charge in [0.05, 0.1) is 11.3 Å². The van der Waals surface area contributed by atoms with Gasteiger partial charge in [-0.3, -0.25) is 0 Å². The molecular weight excluding hydrogens is 245 g/mol. The van der Waals surface area contributed by atoms with Crippen molar-refractivity contribution in [3.05, 3.63) is 29.6 Å². The molecule has 0 heterocycles. The zero-order valence-corrected chi connectivity index (χ0v) is 11.2. The smallest absolute Gasteiger partial charge is 0.337 e. The molecule has 0 atom stereocenters. The van der Waals surface area contributed by atoms with Gasteiger partial charge in [0.15, 0.2) is 0 Å². The number of anilines is 1. The summed E-state index contributed by atoms with van der Waals surface area (Å²) < 4.78 is 14.1. The van der Waals surface area contributed by atoms with Gasteiger partial charge in [0.25, 0.3) is 0 Å². The number of carbonyl (C=O) groups is 1. The van der Waals surface area contributed by atoms with Gasteiger partial charge >= 0.3 is 5.97 Å². The Labute approximate surface area is 113 Å². The molecule has 104 valence electrons. The molecule has 1 aliphatic carbocycles. The number of halogens is 1. The van der Waals surface area contributed by atoms with E-state index >= 15 is 0 Å². The van der Waals surface area contributed by atoms with Crippen LogP contribution < -0.4 is 4.90 Å². The average Bonchev–Trinajstić information content (AvgIpc) is 2.42. The second-order valence-corrected chi connectivity index (χ2v) is 5.02. The maximum absolute atomic E-state index is 14.1. The van der Waals surface area contributed by atoms with Crippen molar-refractivity contribution in [3.63, 3.8) is 0 Å². The number of para-hydroxylation sites is 1. The standard InChI is InChI=1S/C15H20FNO2/c1-2-17(11-7-4-3-5-8-11)14-12(15(18)19)9-6-10-13(14)16/h6,9-11H,2-5,7-8H2,1H3,(H,18,19). The van der Waals surface area contributed by atoms with Crippen LogP contribution in [0.1, 0.15) is 49.4 Å². The Morgan fingerprint density at radius 3 is 2.63 bits per heavy atom. The van der Waals surface area contributed by atoms with Crippen LogP contribution in [0.25, 0.3) is 0 Å². The van der Waals surface area contributed by atoms with E-state index < -0.39 is 11.8 Å². The minimum Gasteiger partial charge on any atom is -0.478 e. The zero-order chi connectivity index (χ0) is 13.8. The number of hydrogen-bond donors (Lipinski definition) is 1. The fourth-order valence-electron chi connectivity index (χ4n) is 2.97. The lowest BCUT2D eigenvalue weighted by atomic mass is 9.93. The van der Waals surface area contributed by atoms with Crippen LogP contribution in [0.3, 0.4) is 0 Å². The van der Waals surface area contributed by atoms with Crippen molar-refractivity contribution in [1.29, 1.82) is 0 Å². The van der Waals surface area contributed by atoms with Crippen molar-refractivity contribution < 1.29 is 14.3 Å². The summed E-state index contributed by atoms with van der Waals surface area (Å²) in [6.07, 6.45) is 5.52. The highest BCUT2D eigenvalue weighted by molar-refractivity contribution is 5.94. The lowest BCUT2D eigenvalue weighted by Crippen LogP contribution is -2.38. The van der Waals surface area contributed by atoms with E-state index in [2.05, 4.69) is 0 Å². The molecule has 1 aromatic rings. The molecule has 0 aliphatic heterocycles. The third kappa shape index (κ3) is 2.88. The molecule has 1 N–H and O–H groups in total. The molecule has 0 unspecified atom stereocenters. The molecule has 0 aromatic heterocycles. The number of benzene rings is 1. The Balaban J connectivity index is 2.39. The van der Waals surface area contributed by atoms with Crippen LogP contribution >= 0.6 is 0 Å². The predicted molar refractivity (Wildman–Crippen MR) is 73.3 cm³/mol. The molecule has 0 spiro atoms. The van der Waals surface area contributed by atoms with Gasteiger partial charge in [-0.25, -0.2) is 9.18 Å². The summed E-state index contributed by atoms with van der Waals surface area (Å²) in [5, 5.41) is 9.24. The number of aromatic carboxylic acids is 1. The van der Waals surface area contributed by atoms with E-state index in [1.807, 2.05) is 11.8 Å². The van der Waals surface area contributed by atoms with Crippen molar-refractivity contribution in [2.24, 2.45) is 0 Å². The second kappa shape index (κ2) is 6.04. The molecule has 1 aromatic carbocycles. The molecule has 1 saturated carbocycles. The highest BCUT2D eigenvalue weighted by atomic mass is 19.1. The van der Waals surface area contributed by atoms with Gasteiger partial charge in [-0.1, -0.05) is 25.3 Å². The Morgan fingerprint density at radius 2 is 2.05 bits per heavy atom. The SMILES string of the molecule is CCN(c1c(F)cccc1C(=O)O)C1CCCCC1. The van der Waals surface area contributed by atoms with Crippen molar-refractivity contribution in [2.75, 3.05) is 11.4 Å². The summed E-state index contributed by atoms with van der Waals surface area (Å²) in [7, 11) is 0. The Morgan fingerprint density at radius 1 is 1.37 bits per heavy atom. The number of hydrogen-bond acceptors (Lipinski definition) is 2. The highest BCUT2D eigenvalue weighted by Gasteiger charge is 2.26. The fourth-order valence-corrected chi connectivity index (χ4v) is 2.97. The topological polar surface area (TPSA) is 40.5 Å². The van der Waals surface area contributed by atoms with Gasteiger partial charge < -0.3 is 10.0 Å². The Hall–Kier alpha value is -1.58. The van der Waals surface area contributed by atoms with E-state index in [4.69, 9.17) is 0 Å². The first-order valence-electron chi connectivity index (χ1n) is 6.93. The third-order valence-corrected chi connectivity index (χ3v) is 3.86. The van der Waals surface area contributed by atoms with Crippen molar-refractivity contribution in [3.8, 4) is 0 Å². The van der Waals surface area contributed by atoms with Gasteiger partial charge in [0.1, 0.15) is 5.82 Å². The van der Waals surface area contributed by atoms with Gasteiger partial charge in [-0.05, 0) is 31.9 Å². The van der Waals surface area contributed by atoms with Gasteiger partial charge in [-0.15, -0.1) is 0 Å². The normalized spacial score (nSPS) is 16.3. The van der Waals surface area contributed by atoms with Crippen LogP contribution in [-0.4, -0.2) is 23.7 Å². The van der Waals surface area contributed by atoms with Crippen LogP contribution in [0.5, 0.6) is 0 Å².